The number of hydrogen-bond acceptors (Lipinski definition) is 3. The van der Waals surface area contributed by atoms with Gasteiger partial charge in [-0.2, -0.15) is 0 Å². The molecule has 3 N–H and O–H groups in total. The minimum Gasteiger partial charge on any atom is -0.357 e. The summed E-state index contributed by atoms with van der Waals surface area (Å²) in [7, 11) is 0. The number of rotatable bonds is 7. The average molecular weight is 353 g/mol. The maximum absolute atomic E-state index is 12.0. The van der Waals surface area contributed by atoms with Crippen molar-refractivity contribution in [3.05, 3.63) is 59.9 Å². The van der Waals surface area contributed by atoms with Gasteiger partial charge in [-0.25, -0.2) is 4.99 Å². The Bertz CT molecular complexity index is 730. The molecular weight excluding hydrogens is 326 g/mol. The lowest BCUT2D eigenvalue weighted by atomic mass is 9.99. The Balaban J connectivity index is 1.88. The smallest absolute Gasteiger partial charge is 0.246 e. The van der Waals surface area contributed by atoms with Crippen molar-refractivity contribution in [3.8, 4) is 0 Å². The van der Waals surface area contributed by atoms with Crippen LogP contribution >= 0.6 is 0 Å². The number of aliphatic imine (C=N–C) groups is 1. The van der Waals surface area contributed by atoms with Crippen molar-refractivity contribution in [2.24, 2.45) is 4.99 Å². The molecule has 0 radical (unpaired) electrons. The Labute approximate surface area is 155 Å². The van der Waals surface area contributed by atoms with Crippen molar-refractivity contribution in [3.63, 3.8) is 0 Å². The minimum atomic E-state index is -0.179. The standard InChI is InChI=1S/C20H27N5O/c1-4-22-20(23-12-16(3)17-8-5-7-15(2)11-17)24-14-19(26)25-18-9-6-10-21-13-18/h5-11,13,16H,4,12,14H2,1-3H3,(H,25,26)(H2,22,23,24). The topological polar surface area (TPSA) is 78.4 Å². The van der Waals surface area contributed by atoms with E-state index in [-0.39, 0.29) is 12.5 Å². The Morgan fingerprint density at radius 3 is 2.77 bits per heavy atom. The Hall–Kier alpha value is -2.89. The second-order valence-electron chi connectivity index (χ2n) is 6.18. The number of carbonyl (C=O) groups is 1. The molecule has 1 aromatic carbocycles. The molecule has 0 saturated carbocycles. The lowest BCUT2D eigenvalue weighted by Crippen LogP contribution is -2.39. The molecule has 0 bridgehead atoms. The highest BCUT2D eigenvalue weighted by molar-refractivity contribution is 5.93. The fraction of sp³-hybridized carbons (Fsp3) is 0.350. The first kappa shape index (κ1) is 19.4. The normalized spacial score (nSPS) is 12.3. The van der Waals surface area contributed by atoms with E-state index in [9.17, 15) is 4.79 Å². The molecule has 1 amide bonds. The molecule has 1 aromatic heterocycles. The maximum atomic E-state index is 12.0. The van der Waals surface area contributed by atoms with Crippen LogP contribution in [0.5, 0.6) is 0 Å². The van der Waals surface area contributed by atoms with Gasteiger partial charge >= 0.3 is 0 Å². The van der Waals surface area contributed by atoms with Crippen molar-refractivity contribution in [2.75, 3.05) is 25.0 Å². The number of guanidine groups is 1. The SMILES string of the molecule is CCNC(=NCC(=O)Nc1cccnc1)NCC(C)c1cccc(C)c1. The van der Waals surface area contributed by atoms with Crippen molar-refractivity contribution >= 4 is 17.6 Å². The van der Waals surface area contributed by atoms with Gasteiger partial charge in [-0.05, 0) is 37.5 Å². The van der Waals surface area contributed by atoms with Gasteiger partial charge in [0.15, 0.2) is 5.96 Å². The molecule has 1 heterocycles. The van der Waals surface area contributed by atoms with E-state index in [4.69, 9.17) is 0 Å². The summed E-state index contributed by atoms with van der Waals surface area (Å²) >= 11 is 0. The second-order valence-corrected chi connectivity index (χ2v) is 6.18. The van der Waals surface area contributed by atoms with Crippen molar-refractivity contribution in [1.29, 1.82) is 0 Å². The molecule has 0 aliphatic heterocycles. The van der Waals surface area contributed by atoms with Crippen LogP contribution in [-0.4, -0.2) is 36.5 Å². The zero-order valence-corrected chi connectivity index (χ0v) is 15.6. The highest BCUT2D eigenvalue weighted by Crippen LogP contribution is 2.15. The largest absolute Gasteiger partial charge is 0.357 e. The van der Waals surface area contributed by atoms with E-state index in [0.717, 1.165) is 13.1 Å². The third-order valence-electron chi connectivity index (χ3n) is 3.86. The lowest BCUT2D eigenvalue weighted by molar-refractivity contribution is -0.114. The summed E-state index contributed by atoms with van der Waals surface area (Å²) in [5, 5.41) is 9.24. The Morgan fingerprint density at radius 1 is 1.23 bits per heavy atom. The van der Waals surface area contributed by atoms with E-state index < -0.39 is 0 Å². The Morgan fingerprint density at radius 2 is 2.08 bits per heavy atom. The van der Waals surface area contributed by atoms with Gasteiger partial charge in [-0.1, -0.05) is 36.8 Å². The minimum absolute atomic E-state index is 0.0447. The van der Waals surface area contributed by atoms with Crippen molar-refractivity contribution in [1.82, 2.24) is 15.6 Å². The zero-order valence-electron chi connectivity index (χ0n) is 15.6. The van der Waals surface area contributed by atoms with Crippen LogP contribution in [0, 0.1) is 6.92 Å². The van der Waals surface area contributed by atoms with E-state index in [1.165, 1.54) is 11.1 Å². The fourth-order valence-electron chi connectivity index (χ4n) is 2.47. The van der Waals surface area contributed by atoms with Gasteiger partial charge in [0.1, 0.15) is 6.54 Å². The van der Waals surface area contributed by atoms with Gasteiger partial charge in [-0.15, -0.1) is 0 Å². The number of aryl methyl sites for hydroxylation is 1. The third kappa shape index (κ3) is 6.55. The predicted octanol–water partition coefficient (Wildman–Crippen LogP) is 2.69. The molecular formula is C20H27N5O. The lowest BCUT2D eigenvalue weighted by Gasteiger charge is -2.16. The van der Waals surface area contributed by atoms with E-state index in [1.54, 1.807) is 24.5 Å². The molecule has 0 saturated heterocycles. The molecule has 1 atom stereocenters. The summed E-state index contributed by atoms with van der Waals surface area (Å²) in [5.41, 5.74) is 3.20. The van der Waals surface area contributed by atoms with E-state index in [1.807, 2.05) is 6.92 Å². The number of nitrogens with one attached hydrogen (secondary N) is 3. The molecule has 26 heavy (non-hydrogen) atoms. The fourth-order valence-corrected chi connectivity index (χ4v) is 2.47. The van der Waals surface area contributed by atoms with E-state index in [2.05, 4.69) is 64.0 Å². The van der Waals surface area contributed by atoms with Crippen molar-refractivity contribution < 1.29 is 4.79 Å². The number of hydrogen-bond donors (Lipinski definition) is 3. The first-order chi connectivity index (χ1) is 12.6. The number of carbonyl (C=O) groups excluding carboxylic acids is 1. The monoisotopic (exact) mass is 353 g/mol. The van der Waals surface area contributed by atoms with Crippen LogP contribution in [-0.2, 0) is 4.79 Å². The van der Waals surface area contributed by atoms with Crippen LogP contribution in [0.25, 0.3) is 0 Å². The molecule has 2 rings (SSSR count). The number of anilines is 1. The van der Waals surface area contributed by atoms with Crippen molar-refractivity contribution in [2.45, 2.75) is 26.7 Å². The average Bonchev–Trinajstić information content (AvgIpc) is 2.64. The van der Waals surface area contributed by atoms with Crippen LogP contribution in [0.2, 0.25) is 0 Å². The van der Waals surface area contributed by atoms with E-state index >= 15 is 0 Å². The molecule has 0 spiro atoms. The van der Waals surface area contributed by atoms with E-state index in [0.29, 0.717) is 17.6 Å². The zero-order chi connectivity index (χ0) is 18.8. The highest BCUT2D eigenvalue weighted by atomic mass is 16.1. The van der Waals surface area contributed by atoms with Crippen LogP contribution < -0.4 is 16.0 Å². The number of aromatic nitrogens is 1. The summed E-state index contributed by atoms with van der Waals surface area (Å²) < 4.78 is 0. The molecule has 0 aliphatic rings. The van der Waals surface area contributed by atoms with Gasteiger partial charge in [-0.3, -0.25) is 9.78 Å². The quantitative estimate of drug-likeness (QED) is 0.528. The molecule has 2 aromatic rings. The van der Waals surface area contributed by atoms with Crippen LogP contribution in [0.3, 0.4) is 0 Å². The van der Waals surface area contributed by atoms with Gasteiger partial charge in [0.25, 0.3) is 0 Å². The maximum Gasteiger partial charge on any atom is 0.246 e. The summed E-state index contributed by atoms with van der Waals surface area (Å²) in [6.07, 6.45) is 3.27. The second kappa shape index (κ2) is 10.2. The van der Waals surface area contributed by atoms with Gasteiger partial charge in [0, 0.05) is 19.3 Å². The molecule has 0 aliphatic carbocycles. The summed E-state index contributed by atoms with van der Waals surface area (Å²) in [6.45, 7) is 7.77. The van der Waals surface area contributed by atoms with Gasteiger partial charge < -0.3 is 16.0 Å². The molecule has 6 heteroatoms. The van der Waals surface area contributed by atoms with Crippen LogP contribution in [0.15, 0.2) is 53.8 Å². The number of pyridine rings is 1. The summed E-state index contributed by atoms with van der Waals surface area (Å²) in [6, 6.07) is 12.1. The summed E-state index contributed by atoms with van der Waals surface area (Å²) in [4.78, 5) is 20.3. The third-order valence-corrected chi connectivity index (χ3v) is 3.86. The molecule has 1 unspecified atom stereocenters. The van der Waals surface area contributed by atoms with Crippen LogP contribution in [0.1, 0.15) is 30.9 Å². The summed E-state index contributed by atoms with van der Waals surface area (Å²) in [5.74, 6) is 0.790. The Kier molecular flexibility index (Phi) is 7.61. The number of amides is 1. The van der Waals surface area contributed by atoms with Crippen LogP contribution in [0.4, 0.5) is 5.69 Å². The first-order valence-corrected chi connectivity index (χ1v) is 8.87. The first-order valence-electron chi connectivity index (χ1n) is 8.87. The van der Waals surface area contributed by atoms with Gasteiger partial charge in [0.2, 0.25) is 5.91 Å². The highest BCUT2D eigenvalue weighted by Gasteiger charge is 2.08. The van der Waals surface area contributed by atoms with Gasteiger partial charge in [0.05, 0.1) is 11.9 Å². The predicted molar refractivity (Wildman–Crippen MR) is 106 cm³/mol. The molecule has 0 fully saturated rings. The number of nitrogens with zero attached hydrogens (tertiary/aromatic N) is 2. The number of benzene rings is 1. The molecule has 138 valence electrons. The molecule has 6 nitrogen and oxygen atoms in total.